The lowest BCUT2D eigenvalue weighted by molar-refractivity contribution is 0.0602. The number of carbonyl (C=O) groups excluding carboxylic acids is 1. The highest BCUT2D eigenvalue weighted by Gasteiger charge is 2.15. The van der Waals surface area contributed by atoms with Gasteiger partial charge in [0.05, 0.1) is 34.1 Å². The molecular formula is C14H11BrCl2N2O2. The Morgan fingerprint density at radius 3 is 2.52 bits per heavy atom. The van der Waals surface area contributed by atoms with Crippen LogP contribution in [0.5, 0.6) is 0 Å². The molecule has 2 aromatic rings. The molecule has 110 valence electrons. The average molecular weight is 390 g/mol. The molecule has 0 radical (unpaired) electrons. The van der Waals surface area contributed by atoms with Crippen LogP contribution in [0.2, 0.25) is 10.0 Å². The van der Waals surface area contributed by atoms with Crippen molar-refractivity contribution in [3.63, 3.8) is 0 Å². The van der Waals surface area contributed by atoms with E-state index in [-0.39, 0.29) is 0 Å². The molecule has 0 amide bonds. The third-order valence-electron chi connectivity index (χ3n) is 2.75. The molecule has 0 aliphatic rings. The van der Waals surface area contributed by atoms with Crippen LogP contribution >= 0.6 is 39.1 Å². The van der Waals surface area contributed by atoms with Crippen LogP contribution in [0.25, 0.3) is 0 Å². The molecule has 21 heavy (non-hydrogen) atoms. The zero-order valence-corrected chi connectivity index (χ0v) is 14.0. The van der Waals surface area contributed by atoms with Crippen LogP contribution in [0.1, 0.15) is 10.4 Å². The van der Waals surface area contributed by atoms with Crippen LogP contribution in [-0.4, -0.2) is 13.1 Å². The molecule has 0 heterocycles. The Labute approximate surface area is 140 Å². The van der Waals surface area contributed by atoms with Crippen LogP contribution in [0, 0.1) is 0 Å². The number of esters is 1. The molecule has 0 aliphatic heterocycles. The van der Waals surface area contributed by atoms with E-state index in [2.05, 4.69) is 21.2 Å². The highest BCUT2D eigenvalue weighted by molar-refractivity contribution is 9.10. The lowest BCUT2D eigenvalue weighted by Gasteiger charge is -2.14. The standard InChI is InChI=1S/C14H11BrCl2N2O2/c1-21-14(20)8-6-7(18)2-4-10(8)19-11-5-3-9(15)12(16)13(11)17/h2-6,19H,18H2,1H3. The predicted molar refractivity (Wildman–Crippen MR) is 89.6 cm³/mol. The number of hydrogen-bond donors (Lipinski definition) is 2. The second-order valence-electron chi connectivity index (χ2n) is 4.14. The lowest BCUT2D eigenvalue weighted by Crippen LogP contribution is -2.06. The number of halogens is 3. The van der Waals surface area contributed by atoms with E-state index in [1.807, 2.05) is 0 Å². The molecule has 2 aromatic carbocycles. The van der Waals surface area contributed by atoms with E-state index in [9.17, 15) is 4.79 Å². The fourth-order valence-corrected chi connectivity index (χ4v) is 2.54. The van der Waals surface area contributed by atoms with Crippen molar-refractivity contribution in [3.05, 3.63) is 50.4 Å². The first-order valence-electron chi connectivity index (χ1n) is 5.82. The Balaban J connectivity index is 2.45. The van der Waals surface area contributed by atoms with E-state index in [1.165, 1.54) is 13.2 Å². The van der Waals surface area contributed by atoms with Crippen molar-refractivity contribution in [1.29, 1.82) is 0 Å². The molecule has 3 N–H and O–H groups in total. The highest BCUT2D eigenvalue weighted by atomic mass is 79.9. The van der Waals surface area contributed by atoms with Gasteiger partial charge in [-0.2, -0.15) is 0 Å². The largest absolute Gasteiger partial charge is 0.465 e. The number of hydrogen-bond acceptors (Lipinski definition) is 4. The molecule has 4 nitrogen and oxygen atoms in total. The summed E-state index contributed by atoms with van der Waals surface area (Å²) in [6.45, 7) is 0. The summed E-state index contributed by atoms with van der Waals surface area (Å²) < 4.78 is 5.43. The van der Waals surface area contributed by atoms with E-state index in [1.54, 1.807) is 24.3 Å². The number of nitrogens with two attached hydrogens (primary N) is 1. The normalized spacial score (nSPS) is 10.3. The summed E-state index contributed by atoms with van der Waals surface area (Å²) in [7, 11) is 1.30. The van der Waals surface area contributed by atoms with Gasteiger partial charge in [0.15, 0.2) is 0 Å². The Kier molecular flexibility index (Phi) is 4.98. The van der Waals surface area contributed by atoms with Gasteiger partial charge in [0.25, 0.3) is 0 Å². The van der Waals surface area contributed by atoms with Crippen LogP contribution in [0.3, 0.4) is 0 Å². The number of benzene rings is 2. The van der Waals surface area contributed by atoms with Gasteiger partial charge in [-0.3, -0.25) is 0 Å². The minimum Gasteiger partial charge on any atom is -0.465 e. The van der Waals surface area contributed by atoms with Crippen LogP contribution in [-0.2, 0) is 4.74 Å². The van der Waals surface area contributed by atoms with E-state index < -0.39 is 5.97 Å². The molecule has 0 bridgehead atoms. The van der Waals surface area contributed by atoms with Gasteiger partial charge in [0, 0.05) is 10.2 Å². The maximum absolute atomic E-state index is 11.8. The summed E-state index contributed by atoms with van der Waals surface area (Å²) in [6.07, 6.45) is 0. The van der Waals surface area contributed by atoms with Crippen LogP contribution in [0.4, 0.5) is 17.1 Å². The molecule has 0 spiro atoms. The first-order chi connectivity index (χ1) is 9.93. The van der Waals surface area contributed by atoms with Gasteiger partial charge in [-0.25, -0.2) is 4.79 Å². The van der Waals surface area contributed by atoms with Gasteiger partial charge in [0.1, 0.15) is 0 Å². The number of nitrogens with one attached hydrogen (secondary N) is 1. The van der Waals surface area contributed by atoms with Crippen LogP contribution < -0.4 is 11.1 Å². The van der Waals surface area contributed by atoms with Crippen molar-refractivity contribution in [2.45, 2.75) is 0 Å². The second-order valence-corrected chi connectivity index (χ2v) is 5.75. The summed E-state index contributed by atoms with van der Waals surface area (Å²) in [4.78, 5) is 11.8. The van der Waals surface area contributed by atoms with Crippen LogP contribution in [0.15, 0.2) is 34.8 Å². The first kappa shape index (κ1) is 15.9. The van der Waals surface area contributed by atoms with Crippen molar-refractivity contribution >= 4 is 62.2 Å². The van der Waals surface area contributed by atoms with Gasteiger partial charge in [-0.05, 0) is 46.3 Å². The quantitative estimate of drug-likeness (QED) is 0.446. The first-order valence-corrected chi connectivity index (χ1v) is 7.37. The summed E-state index contributed by atoms with van der Waals surface area (Å²) in [6, 6.07) is 8.38. The Bertz CT molecular complexity index is 708. The molecule has 2 rings (SSSR count). The highest BCUT2D eigenvalue weighted by Crippen LogP contribution is 2.37. The second kappa shape index (κ2) is 6.56. The van der Waals surface area contributed by atoms with E-state index in [4.69, 9.17) is 33.7 Å². The van der Waals surface area contributed by atoms with Gasteiger partial charge in [-0.1, -0.05) is 23.2 Å². The van der Waals surface area contributed by atoms with Crippen molar-refractivity contribution in [2.24, 2.45) is 0 Å². The third-order valence-corrected chi connectivity index (χ3v) is 4.52. The van der Waals surface area contributed by atoms with E-state index >= 15 is 0 Å². The molecule has 0 saturated heterocycles. The molecule has 0 fully saturated rings. The Morgan fingerprint density at radius 1 is 1.19 bits per heavy atom. The van der Waals surface area contributed by atoms with Gasteiger partial charge < -0.3 is 15.8 Å². The smallest absolute Gasteiger partial charge is 0.340 e. The van der Waals surface area contributed by atoms with Crippen molar-refractivity contribution < 1.29 is 9.53 Å². The number of methoxy groups -OCH3 is 1. The van der Waals surface area contributed by atoms with Crippen molar-refractivity contribution in [1.82, 2.24) is 0 Å². The maximum atomic E-state index is 11.8. The van der Waals surface area contributed by atoms with Crippen molar-refractivity contribution in [3.8, 4) is 0 Å². The van der Waals surface area contributed by atoms with Crippen molar-refractivity contribution in [2.75, 3.05) is 18.2 Å². The average Bonchev–Trinajstić information content (AvgIpc) is 2.48. The maximum Gasteiger partial charge on any atom is 0.340 e. The molecule has 0 atom stereocenters. The third kappa shape index (κ3) is 3.43. The fourth-order valence-electron chi connectivity index (χ4n) is 1.72. The zero-order valence-electron chi connectivity index (χ0n) is 10.9. The summed E-state index contributed by atoms with van der Waals surface area (Å²) in [5.74, 6) is -0.496. The van der Waals surface area contributed by atoms with Gasteiger partial charge >= 0.3 is 5.97 Å². The topological polar surface area (TPSA) is 64.3 Å². The Hall–Kier alpha value is -1.43. The molecule has 0 aromatic heterocycles. The fraction of sp³-hybridized carbons (Fsp3) is 0.0714. The number of rotatable bonds is 3. The molecule has 0 unspecified atom stereocenters. The van der Waals surface area contributed by atoms with Gasteiger partial charge in [0.2, 0.25) is 0 Å². The number of ether oxygens (including phenoxy) is 1. The predicted octanol–water partition coefficient (Wildman–Crippen LogP) is 4.87. The van der Waals surface area contributed by atoms with E-state index in [0.29, 0.717) is 37.1 Å². The van der Waals surface area contributed by atoms with E-state index in [0.717, 1.165) is 0 Å². The SMILES string of the molecule is COC(=O)c1cc(N)ccc1Nc1ccc(Br)c(Cl)c1Cl. The molecular weight excluding hydrogens is 379 g/mol. The molecule has 7 heteroatoms. The minimum absolute atomic E-state index is 0.313. The number of carbonyl (C=O) groups is 1. The zero-order chi connectivity index (χ0) is 15.6. The monoisotopic (exact) mass is 388 g/mol. The molecule has 0 aliphatic carbocycles. The minimum atomic E-state index is -0.496. The number of nitrogen functional groups attached to an aromatic ring is 1. The van der Waals surface area contributed by atoms with Gasteiger partial charge in [-0.15, -0.1) is 0 Å². The molecule has 0 saturated carbocycles. The summed E-state index contributed by atoms with van der Waals surface area (Å²) in [5, 5.41) is 3.79. The summed E-state index contributed by atoms with van der Waals surface area (Å²) in [5.41, 5.74) is 7.56. The number of anilines is 3. The summed E-state index contributed by atoms with van der Waals surface area (Å²) >= 11 is 15.5. The Morgan fingerprint density at radius 2 is 1.86 bits per heavy atom. The lowest BCUT2D eigenvalue weighted by atomic mass is 10.1.